The first-order chi connectivity index (χ1) is 11.6. The molecule has 0 bridgehead atoms. The Kier molecular flexibility index (Phi) is 6.14. The molecule has 2 aromatic carbocycles. The third-order valence-electron chi connectivity index (χ3n) is 3.39. The molecule has 0 aliphatic carbocycles. The maximum absolute atomic E-state index is 13.0. The van der Waals surface area contributed by atoms with Crippen molar-refractivity contribution in [1.29, 1.82) is 0 Å². The summed E-state index contributed by atoms with van der Waals surface area (Å²) < 4.78 is 0.643. The molecule has 2 rings (SSSR count). The van der Waals surface area contributed by atoms with Crippen molar-refractivity contribution in [3.63, 3.8) is 0 Å². The highest BCUT2D eigenvalue weighted by Crippen LogP contribution is 2.26. The van der Waals surface area contributed by atoms with Gasteiger partial charge >= 0.3 is 0 Å². The molecule has 4 nitrogen and oxygen atoms in total. The van der Waals surface area contributed by atoms with E-state index in [4.69, 9.17) is 23.2 Å². The van der Waals surface area contributed by atoms with E-state index in [0.717, 1.165) is 0 Å². The van der Waals surface area contributed by atoms with Crippen LogP contribution in [0.15, 0.2) is 46.9 Å². The Morgan fingerprint density at radius 2 is 1.60 bits per heavy atom. The molecule has 0 aromatic heterocycles. The summed E-state index contributed by atoms with van der Waals surface area (Å²) in [6, 6.07) is 11.8. The fourth-order valence-corrected chi connectivity index (χ4v) is 2.96. The van der Waals surface area contributed by atoms with Crippen molar-refractivity contribution in [2.45, 2.75) is 26.3 Å². The molecule has 0 aliphatic heterocycles. The van der Waals surface area contributed by atoms with Crippen LogP contribution in [0.1, 0.15) is 41.5 Å². The van der Waals surface area contributed by atoms with Crippen molar-refractivity contribution in [2.75, 3.05) is 0 Å². The minimum absolute atomic E-state index is 0.142. The smallest absolute Gasteiger partial charge is 0.267 e. The lowest BCUT2D eigenvalue weighted by Crippen LogP contribution is -2.56. The van der Waals surface area contributed by atoms with Gasteiger partial charge in [-0.25, -0.2) is 5.01 Å². The quantitative estimate of drug-likeness (QED) is 0.636. The number of carbonyl (C=O) groups excluding carboxylic acids is 2. The van der Waals surface area contributed by atoms with Crippen LogP contribution < -0.4 is 5.43 Å². The van der Waals surface area contributed by atoms with Crippen LogP contribution in [0.3, 0.4) is 0 Å². The van der Waals surface area contributed by atoms with E-state index in [1.54, 1.807) is 36.4 Å². The number of hydrogen-bond acceptors (Lipinski definition) is 2. The van der Waals surface area contributed by atoms with Gasteiger partial charge in [-0.1, -0.05) is 41.4 Å². The summed E-state index contributed by atoms with van der Waals surface area (Å²) >= 11 is 15.4. The number of rotatable bonds is 2. The third kappa shape index (κ3) is 4.54. The molecule has 0 unspecified atom stereocenters. The normalized spacial score (nSPS) is 11.1. The SMILES string of the molecule is CC(C)(C)N(NC(=O)c1cccc(Cl)c1Cl)C(=O)c1ccccc1Br. The standard InChI is InChI=1S/C18H17BrCl2N2O2/c1-18(2,3)23(17(25)11-7-4-5-9-13(11)19)22-16(24)12-8-6-10-14(20)15(12)21/h4-10H,1-3H3,(H,22,24). The third-order valence-corrected chi connectivity index (χ3v) is 4.90. The summed E-state index contributed by atoms with van der Waals surface area (Å²) in [5.74, 6) is -0.852. The highest BCUT2D eigenvalue weighted by atomic mass is 79.9. The molecular formula is C18H17BrCl2N2O2. The minimum Gasteiger partial charge on any atom is -0.267 e. The molecule has 1 N–H and O–H groups in total. The molecule has 0 aliphatic rings. The number of nitrogens with one attached hydrogen (secondary N) is 1. The molecule has 7 heteroatoms. The van der Waals surface area contributed by atoms with Gasteiger partial charge in [0.2, 0.25) is 0 Å². The zero-order valence-corrected chi connectivity index (χ0v) is 17.0. The minimum atomic E-state index is -0.660. The van der Waals surface area contributed by atoms with Crippen molar-refractivity contribution in [1.82, 2.24) is 10.4 Å². The summed E-state index contributed by atoms with van der Waals surface area (Å²) in [6.45, 7) is 5.46. The van der Waals surface area contributed by atoms with Crippen molar-refractivity contribution in [3.8, 4) is 0 Å². The van der Waals surface area contributed by atoms with Crippen LogP contribution in [0.5, 0.6) is 0 Å². The summed E-state index contributed by atoms with van der Waals surface area (Å²) in [4.78, 5) is 25.6. The van der Waals surface area contributed by atoms with Gasteiger partial charge in [0.05, 0.1) is 26.7 Å². The molecule has 0 spiro atoms. The van der Waals surface area contributed by atoms with Crippen molar-refractivity contribution in [2.24, 2.45) is 0 Å². The molecule has 2 amide bonds. The maximum Gasteiger partial charge on any atom is 0.273 e. The topological polar surface area (TPSA) is 49.4 Å². The average molecular weight is 444 g/mol. The van der Waals surface area contributed by atoms with Crippen molar-refractivity contribution < 1.29 is 9.59 Å². The number of hydrogen-bond donors (Lipinski definition) is 1. The van der Waals surface area contributed by atoms with E-state index in [1.807, 2.05) is 26.8 Å². The zero-order chi connectivity index (χ0) is 18.8. The van der Waals surface area contributed by atoms with E-state index in [1.165, 1.54) is 5.01 Å². The van der Waals surface area contributed by atoms with E-state index < -0.39 is 11.4 Å². The molecular weight excluding hydrogens is 427 g/mol. The molecule has 25 heavy (non-hydrogen) atoms. The van der Waals surface area contributed by atoms with E-state index >= 15 is 0 Å². The second kappa shape index (κ2) is 7.77. The van der Waals surface area contributed by atoms with Gasteiger partial charge in [0.25, 0.3) is 11.8 Å². The van der Waals surface area contributed by atoms with Gasteiger partial charge in [-0.05, 0) is 61.0 Å². The second-order valence-electron chi connectivity index (χ2n) is 6.33. The number of nitrogens with zero attached hydrogens (tertiary/aromatic N) is 1. The van der Waals surface area contributed by atoms with Gasteiger partial charge in [-0.15, -0.1) is 0 Å². The van der Waals surface area contributed by atoms with Gasteiger partial charge < -0.3 is 0 Å². The summed E-state index contributed by atoms with van der Waals surface area (Å²) in [5.41, 5.74) is 2.63. The van der Waals surface area contributed by atoms with Gasteiger partial charge in [-0.2, -0.15) is 0 Å². The first kappa shape index (κ1) is 19.8. The monoisotopic (exact) mass is 442 g/mol. The van der Waals surface area contributed by atoms with E-state index in [0.29, 0.717) is 10.0 Å². The van der Waals surface area contributed by atoms with Gasteiger partial charge in [-0.3, -0.25) is 15.0 Å². The van der Waals surface area contributed by atoms with E-state index in [2.05, 4.69) is 21.4 Å². The van der Waals surface area contributed by atoms with Gasteiger partial charge in [0.1, 0.15) is 0 Å². The second-order valence-corrected chi connectivity index (χ2v) is 7.97. The Balaban J connectivity index is 2.36. The lowest BCUT2D eigenvalue weighted by atomic mass is 10.1. The largest absolute Gasteiger partial charge is 0.273 e. The number of hydrazine groups is 1. The van der Waals surface area contributed by atoms with E-state index in [9.17, 15) is 9.59 Å². The predicted molar refractivity (Wildman–Crippen MR) is 104 cm³/mol. The molecule has 0 fully saturated rings. The lowest BCUT2D eigenvalue weighted by molar-refractivity contribution is 0.0358. The highest BCUT2D eigenvalue weighted by molar-refractivity contribution is 9.10. The lowest BCUT2D eigenvalue weighted by Gasteiger charge is -2.35. The van der Waals surface area contributed by atoms with Crippen molar-refractivity contribution >= 4 is 50.9 Å². The van der Waals surface area contributed by atoms with Crippen LogP contribution in [-0.2, 0) is 0 Å². The van der Waals surface area contributed by atoms with Crippen molar-refractivity contribution in [3.05, 3.63) is 68.1 Å². The summed E-state index contributed by atoms with van der Waals surface area (Å²) in [7, 11) is 0. The fourth-order valence-electron chi connectivity index (χ4n) is 2.12. The summed E-state index contributed by atoms with van der Waals surface area (Å²) in [6.07, 6.45) is 0. The Morgan fingerprint density at radius 3 is 2.20 bits per heavy atom. The van der Waals surface area contributed by atoms with Gasteiger partial charge in [0.15, 0.2) is 0 Å². The van der Waals surface area contributed by atoms with Crippen LogP contribution in [0.25, 0.3) is 0 Å². The Bertz CT molecular complexity index is 819. The van der Waals surface area contributed by atoms with Crippen LogP contribution >= 0.6 is 39.1 Å². The predicted octanol–water partition coefficient (Wildman–Crippen LogP) is 5.34. The van der Waals surface area contributed by atoms with Crippen LogP contribution in [-0.4, -0.2) is 22.4 Å². The number of amides is 2. The molecule has 0 atom stereocenters. The Labute approximate surface area is 165 Å². The molecule has 0 saturated heterocycles. The Hall–Kier alpha value is -1.56. The summed E-state index contributed by atoms with van der Waals surface area (Å²) in [5, 5.41) is 1.70. The van der Waals surface area contributed by atoms with Crippen LogP contribution in [0, 0.1) is 0 Å². The zero-order valence-electron chi connectivity index (χ0n) is 13.9. The maximum atomic E-state index is 13.0. The van der Waals surface area contributed by atoms with E-state index in [-0.39, 0.29) is 21.5 Å². The first-order valence-electron chi connectivity index (χ1n) is 7.47. The van der Waals surface area contributed by atoms with Crippen LogP contribution in [0.4, 0.5) is 0 Å². The average Bonchev–Trinajstić information content (AvgIpc) is 2.53. The fraction of sp³-hybridized carbons (Fsp3) is 0.222. The van der Waals surface area contributed by atoms with Gasteiger partial charge in [0, 0.05) is 4.47 Å². The molecule has 2 aromatic rings. The Morgan fingerprint density at radius 1 is 1.00 bits per heavy atom. The number of halogens is 3. The molecule has 132 valence electrons. The molecule has 0 heterocycles. The number of carbonyl (C=O) groups is 2. The molecule has 0 radical (unpaired) electrons. The first-order valence-corrected chi connectivity index (χ1v) is 9.02. The number of benzene rings is 2. The molecule has 0 saturated carbocycles. The highest BCUT2D eigenvalue weighted by Gasteiger charge is 2.31. The van der Waals surface area contributed by atoms with Crippen LogP contribution in [0.2, 0.25) is 10.0 Å².